The molecule has 0 saturated carbocycles. The van der Waals surface area contributed by atoms with Crippen LogP contribution in [0.25, 0.3) is 12.2 Å². The largest absolute Gasteiger partial charge is 0.172 e. The minimum absolute atomic E-state index is 1.26. The molecule has 0 bridgehead atoms. The molecule has 0 heterocycles. The molecule has 0 spiro atoms. The molecule has 2 heteroatoms. The van der Waals surface area contributed by atoms with Crippen molar-refractivity contribution in [3.8, 4) is 0 Å². The molecule has 0 aliphatic carbocycles. The number of rotatable bonds is 10. The maximum atomic E-state index is 2.54. The van der Waals surface area contributed by atoms with Crippen molar-refractivity contribution in [3.05, 3.63) is 228 Å². The van der Waals surface area contributed by atoms with Crippen LogP contribution < -0.4 is 31.1 Å². The fourth-order valence-corrected chi connectivity index (χ4v) is 15.8. The standard InChI is InChI=1S/C48H42Si2/c1-39-37-42(34-36-50(46-27-15-6-16-28-46,47-29-17-7-18-30-47)48-31-19-8-20-32-48)40(2)38-41(39)33-35-49(43-21-9-3-10-22-43,44-23-11-4-12-24-44)45-25-13-5-14-26-45/h3-38H,1-2H3. The Morgan fingerprint density at radius 1 is 0.300 bits per heavy atom. The van der Waals surface area contributed by atoms with E-state index in [4.69, 9.17) is 0 Å². The SMILES string of the molecule is Cc1cc(C=C[Si](c2ccccc2)(c2ccccc2)c2ccccc2)c(C)cc1C=C[Si](c1ccccc1)(c1ccccc1)c1ccccc1. The van der Waals surface area contributed by atoms with Crippen LogP contribution in [0.3, 0.4) is 0 Å². The molecule has 242 valence electrons. The van der Waals surface area contributed by atoms with Crippen molar-refractivity contribution in [2.75, 3.05) is 0 Å². The monoisotopic (exact) mass is 674 g/mol. The van der Waals surface area contributed by atoms with Crippen LogP contribution in [-0.4, -0.2) is 16.1 Å². The molecule has 0 fully saturated rings. The minimum Gasteiger partial charge on any atom is -0.0812 e. The van der Waals surface area contributed by atoms with E-state index in [1.165, 1.54) is 53.4 Å². The van der Waals surface area contributed by atoms with E-state index in [2.05, 4.69) is 232 Å². The second-order valence-electron chi connectivity index (χ2n) is 13.0. The molecule has 0 saturated heterocycles. The van der Waals surface area contributed by atoms with Crippen molar-refractivity contribution in [2.45, 2.75) is 13.8 Å². The highest BCUT2D eigenvalue weighted by molar-refractivity contribution is 7.15. The summed E-state index contributed by atoms with van der Waals surface area (Å²) in [5, 5.41) is 8.29. The molecule has 0 aromatic heterocycles. The molecule has 0 atom stereocenters. The van der Waals surface area contributed by atoms with Gasteiger partial charge >= 0.3 is 0 Å². The number of hydrogen-bond donors (Lipinski definition) is 0. The molecule has 0 amide bonds. The van der Waals surface area contributed by atoms with E-state index < -0.39 is 16.1 Å². The maximum Gasteiger partial charge on any atom is 0.172 e. The van der Waals surface area contributed by atoms with Gasteiger partial charge in [0, 0.05) is 0 Å². The summed E-state index contributed by atoms with van der Waals surface area (Å²) in [6, 6.07) is 71.3. The molecule has 7 aromatic rings. The van der Waals surface area contributed by atoms with Crippen molar-refractivity contribution in [1.82, 2.24) is 0 Å². The van der Waals surface area contributed by atoms with Gasteiger partial charge in [-0.2, -0.15) is 0 Å². The van der Waals surface area contributed by atoms with Gasteiger partial charge in [-0.15, -0.1) is 0 Å². The molecule has 7 aromatic carbocycles. The Morgan fingerprint density at radius 2 is 0.500 bits per heavy atom. The predicted molar refractivity (Wildman–Crippen MR) is 222 cm³/mol. The van der Waals surface area contributed by atoms with E-state index in [0.29, 0.717) is 0 Å². The molecule has 0 unspecified atom stereocenters. The Bertz CT molecular complexity index is 1840. The Hall–Kier alpha value is -5.55. The Balaban J connectivity index is 1.35. The predicted octanol–water partition coefficient (Wildman–Crippen LogP) is 7.75. The van der Waals surface area contributed by atoms with Gasteiger partial charge in [0.1, 0.15) is 0 Å². The third kappa shape index (κ3) is 6.44. The normalized spacial score (nSPS) is 12.0. The zero-order chi connectivity index (χ0) is 34.2. The lowest BCUT2D eigenvalue weighted by molar-refractivity contribution is 1.36. The average molecular weight is 675 g/mol. The molecule has 0 N–H and O–H groups in total. The van der Waals surface area contributed by atoms with Crippen molar-refractivity contribution in [2.24, 2.45) is 0 Å². The molecule has 0 nitrogen and oxygen atoms in total. The van der Waals surface area contributed by atoms with Gasteiger partial charge in [0.15, 0.2) is 16.1 Å². The van der Waals surface area contributed by atoms with Crippen LogP contribution in [0.1, 0.15) is 22.3 Å². The van der Waals surface area contributed by atoms with Crippen LogP contribution in [0.2, 0.25) is 0 Å². The molecular formula is C48H42Si2. The molecular weight excluding hydrogens is 633 g/mol. The van der Waals surface area contributed by atoms with Gasteiger partial charge in [0.2, 0.25) is 0 Å². The lowest BCUT2D eigenvalue weighted by atomic mass is 10.00. The first kappa shape index (κ1) is 33.0. The fraction of sp³-hybridized carbons (Fsp3) is 0.0417. The van der Waals surface area contributed by atoms with Crippen LogP contribution in [0.5, 0.6) is 0 Å². The van der Waals surface area contributed by atoms with Gasteiger partial charge in [0.25, 0.3) is 0 Å². The first-order chi connectivity index (χ1) is 24.6. The van der Waals surface area contributed by atoms with E-state index >= 15 is 0 Å². The Morgan fingerprint density at radius 3 is 0.700 bits per heavy atom. The highest BCUT2D eigenvalue weighted by Gasteiger charge is 2.38. The fourth-order valence-electron chi connectivity index (χ4n) is 7.43. The summed E-state index contributed by atoms with van der Waals surface area (Å²) >= 11 is 0. The summed E-state index contributed by atoms with van der Waals surface area (Å²) in [5.41, 5.74) is 10.2. The summed E-state index contributed by atoms with van der Waals surface area (Å²) in [6.45, 7) is 4.51. The average Bonchev–Trinajstić information content (AvgIpc) is 3.19. The summed E-state index contributed by atoms with van der Waals surface area (Å²) < 4.78 is 0. The summed E-state index contributed by atoms with van der Waals surface area (Å²) in [7, 11) is -5.00. The quantitative estimate of drug-likeness (QED) is 0.103. The zero-order valence-corrected chi connectivity index (χ0v) is 30.8. The first-order valence-electron chi connectivity index (χ1n) is 17.4. The third-order valence-electron chi connectivity index (χ3n) is 10.1. The lowest BCUT2D eigenvalue weighted by Gasteiger charge is -2.31. The highest BCUT2D eigenvalue weighted by atomic mass is 28.3. The van der Waals surface area contributed by atoms with Crippen LogP contribution >= 0.6 is 0 Å². The van der Waals surface area contributed by atoms with E-state index in [1.807, 2.05) is 0 Å². The molecule has 0 aliphatic heterocycles. The number of hydrogen-bond acceptors (Lipinski definition) is 0. The highest BCUT2D eigenvalue weighted by Crippen LogP contribution is 2.22. The maximum absolute atomic E-state index is 2.54. The lowest BCUT2D eigenvalue weighted by Crippen LogP contribution is -2.66. The van der Waals surface area contributed by atoms with Gasteiger partial charge in [-0.05, 0) is 67.2 Å². The van der Waals surface area contributed by atoms with E-state index in [-0.39, 0.29) is 0 Å². The van der Waals surface area contributed by atoms with Crippen LogP contribution in [0.4, 0.5) is 0 Å². The van der Waals surface area contributed by atoms with Crippen molar-refractivity contribution in [3.63, 3.8) is 0 Å². The minimum atomic E-state index is -2.50. The zero-order valence-electron chi connectivity index (χ0n) is 28.8. The third-order valence-corrected chi connectivity index (χ3v) is 18.9. The topological polar surface area (TPSA) is 0 Å². The molecule has 7 rings (SSSR count). The summed E-state index contributed by atoms with van der Waals surface area (Å²) in [4.78, 5) is 0. The van der Waals surface area contributed by atoms with Crippen LogP contribution in [0, 0.1) is 13.8 Å². The number of benzene rings is 7. The second kappa shape index (κ2) is 14.9. The van der Waals surface area contributed by atoms with Crippen molar-refractivity contribution < 1.29 is 0 Å². The van der Waals surface area contributed by atoms with E-state index in [1.54, 1.807) is 0 Å². The van der Waals surface area contributed by atoms with Gasteiger partial charge in [0.05, 0.1) is 0 Å². The van der Waals surface area contributed by atoms with Crippen LogP contribution in [-0.2, 0) is 0 Å². The van der Waals surface area contributed by atoms with Gasteiger partial charge in [-0.1, -0.05) is 218 Å². The Labute approximate surface area is 299 Å². The van der Waals surface area contributed by atoms with E-state index in [0.717, 1.165) is 0 Å². The van der Waals surface area contributed by atoms with Gasteiger partial charge < -0.3 is 0 Å². The summed E-state index contributed by atoms with van der Waals surface area (Å²) in [6.07, 6.45) is 4.79. The smallest absolute Gasteiger partial charge is 0.0812 e. The van der Waals surface area contributed by atoms with Gasteiger partial charge in [-0.25, -0.2) is 0 Å². The van der Waals surface area contributed by atoms with E-state index in [9.17, 15) is 0 Å². The molecule has 50 heavy (non-hydrogen) atoms. The summed E-state index contributed by atoms with van der Waals surface area (Å²) in [5.74, 6) is 0. The second-order valence-corrected chi connectivity index (χ2v) is 20.4. The molecule has 0 aliphatic rings. The Kier molecular flexibility index (Phi) is 9.84. The van der Waals surface area contributed by atoms with Crippen molar-refractivity contribution in [1.29, 1.82) is 0 Å². The number of aryl methyl sites for hydroxylation is 2. The van der Waals surface area contributed by atoms with Crippen molar-refractivity contribution >= 4 is 59.4 Å². The van der Waals surface area contributed by atoms with Crippen LogP contribution in [0.15, 0.2) is 206 Å². The first-order valence-corrected chi connectivity index (χ1v) is 21.6. The molecule has 0 radical (unpaired) electrons. The van der Waals surface area contributed by atoms with Gasteiger partial charge in [-0.3, -0.25) is 0 Å².